The van der Waals surface area contributed by atoms with Crippen molar-refractivity contribution >= 4 is 0 Å². The molecule has 0 radical (unpaired) electrons. The Morgan fingerprint density at radius 2 is 1.41 bits per heavy atom. The first-order chi connectivity index (χ1) is 7.49. The molecule has 0 aliphatic carbocycles. The van der Waals surface area contributed by atoms with Crippen molar-refractivity contribution in [2.24, 2.45) is 0 Å². The van der Waals surface area contributed by atoms with E-state index < -0.39 is 30.3 Å². The molecule has 1 heterocycles. The summed E-state index contributed by atoms with van der Waals surface area (Å²) in [5, 5.41) is 0. The molecule has 4 atom stereocenters. The van der Waals surface area contributed by atoms with Gasteiger partial charge in [-0.15, -0.1) is 0 Å². The van der Waals surface area contributed by atoms with Gasteiger partial charge in [-0.05, 0) is 48.5 Å². The van der Waals surface area contributed by atoms with Gasteiger partial charge in [0.2, 0.25) is 0 Å². The summed E-state index contributed by atoms with van der Waals surface area (Å²) in [6, 6.07) is 0. The molecule has 1 aliphatic heterocycles. The van der Waals surface area contributed by atoms with E-state index in [1.807, 2.05) is 41.5 Å². The first-order valence-corrected chi connectivity index (χ1v) is 6.15. The smallest absolute Gasteiger partial charge is 0.187 e. The first kappa shape index (κ1) is 14.9. The molecule has 0 aromatic rings. The SMILES string of the molecule is CC1OC(OC(C)(C)C)C(OC(C)(C)C)C1F. The summed E-state index contributed by atoms with van der Waals surface area (Å²) in [7, 11) is 0. The Morgan fingerprint density at radius 1 is 0.941 bits per heavy atom. The molecule has 0 N–H and O–H groups in total. The fourth-order valence-electron chi connectivity index (χ4n) is 1.75. The van der Waals surface area contributed by atoms with Crippen molar-refractivity contribution in [3.8, 4) is 0 Å². The lowest BCUT2D eigenvalue weighted by atomic mass is 10.1. The maximum absolute atomic E-state index is 14.0. The van der Waals surface area contributed by atoms with Crippen LogP contribution in [0, 0.1) is 0 Å². The van der Waals surface area contributed by atoms with Crippen LogP contribution in [-0.4, -0.2) is 35.9 Å². The van der Waals surface area contributed by atoms with Crippen molar-refractivity contribution in [1.29, 1.82) is 0 Å². The van der Waals surface area contributed by atoms with Gasteiger partial charge in [-0.25, -0.2) is 4.39 Å². The fraction of sp³-hybridized carbons (Fsp3) is 1.00. The van der Waals surface area contributed by atoms with E-state index >= 15 is 0 Å². The van der Waals surface area contributed by atoms with Crippen LogP contribution in [0.15, 0.2) is 0 Å². The van der Waals surface area contributed by atoms with Crippen LogP contribution in [0.1, 0.15) is 48.5 Å². The third kappa shape index (κ3) is 4.53. The van der Waals surface area contributed by atoms with Crippen LogP contribution in [0.4, 0.5) is 4.39 Å². The van der Waals surface area contributed by atoms with Crippen LogP contribution in [-0.2, 0) is 14.2 Å². The molecule has 102 valence electrons. The van der Waals surface area contributed by atoms with Crippen LogP contribution < -0.4 is 0 Å². The Morgan fingerprint density at radius 3 is 1.82 bits per heavy atom. The van der Waals surface area contributed by atoms with Crippen LogP contribution in [0.5, 0.6) is 0 Å². The van der Waals surface area contributed by atoms with Gasteiger partial charge in [0, 0.05) is 0 Å². The number of alkyl halides is 1. The Bertz CT molecular complexity index is 254. The summed E-state index contributed by atoms with van der Waals surface area (Å²) in [5.74, 6) is 0. The summed E-state index contributed by atoms with van der Waals surface area (Å²) in [4.78, 5) is 0. The second kappa shape index (κ2) is 4.82. The van der Waals surface area contributed by atoms with Crippen molar-refractivity contribution in [2.45, 2.75) is 84.3 Å². The third-order valence-electron chi connectivity index (χ3n) is 2.34. The zero-order valence-corrected chi connectivity index (χ0v) is 11.9. The standard InChI is InChI=1S/C13H25FO3/c1-8-9(14)10(16-12(2,3)4)11(15-8)17-13(5,6)7/h8-11H,1-7H3. The minimum atomic E-state index is -1.15. The molecule has 0 spiro atoms. The maximum atomic E-state index is 14.0. The fourth-order valence-corrected chi connectivity index (χ4v) is 1.75. The minimum Gasteiger partial charge on any atom is -0.364 e. The lowest BCUT2D eigenvalue weighted by Crippen LogP contribution is -2.42. The van der Waals surface area contributed by atoms with E-state index in [0.29, 0.717) is 0 Å². The van der Waals surface area contributed by atoms with Crippen LogP contribution in [0.2, 0.25) is 0 Å². The van der Waals surface area contributed by atoms with E-state index in [-0.39, 0.29) is 5.60 Å². The molecule has 0 aromatic carbocycles. The summed E-state index contributed by atoms with van der Waals surface area (Å²) >= 11 is 0. The number of ether oxygens (including phenoxy) is 3. The molecule has 4 unspecified atom stereocenters. The zero-order chi connectivity index (χ0) is 13.4. The first-order valence-electron chi connectivity index (χ1n) is 6.15. The minimum absolute atomic E-state index is 0.381. The van der Waals surface area contributed by atoms with E-state index in [0.717, 1.165) is 0 Å². The summed E-state index contributed by atoms with van der Waals surface area (Å²) < 4.78 is 30.9. The Labute approximate surface area is 104 Å². The number of hydrogen-bond acceptors (Lipinski definition) is 3. The summed E-state index contributed by atoms with van der Waals surface area (Å²) in [6.45, 7) is 13.2. The van der Waals surface area contributed by atoms with Gasteiger partial charge in [0.25, 0.3) is 0 Å². The second-order valence-electron chi connectivity index (χ2n) is 6.58. The molecule has 0 saturated carbocycles. The van der Waals surface area contributed by atoms with Crippen LogP contribution in [0.25, 0.3) is 0 Å². The highest BCUT2D eigenvalue weighted by atomic mass is 19.1. The van der Waals surface area contributed by atoms with E-state index in [9.17, 15) is 4.39 Å². The van der Waals surface area contributed by atoms with Crippen molar-refractivity contribution in [3.63, 3.8) is 0 Å². The maximum Gasteiger partial charge on any atom is 0.187 e. The average molecular weight is 248 g/mol. The quantitative estimate of drug-likeness (QED) is 0.751. The van der Waals surface area contributed by atoms with E-state index in [1.165, 1.54) is 0 Å². The van der Waals surface area contributed by atoms with Gasteiger partial charge in [-0.1, -0.05) is 0 Å². The second-order valence-corrected chi connectivity index (χ2v) is 6.58. The predicted octanol–water partition coefficient (Wildman–Crippen LogP) is 3.07. The van der Waals surface area contributed by atoms with Crippen molar-refractivity contribution < 1.29 is 18.6 Å². The summed E-state index contributed by atoms with van der Waals surface area (Å²) in [6.07, 6.45) is -2.94. The Balaban J connectivity index is 2.74. The van der Waals surface area contributed by atoms with E-state index in [4.69, 9.17) is 14.2 Å². The number of hydrogen-bond donors (Lipinski definition) is 0. The molecule has 4 heteroatoms. The predicted molar refractivity (Wildman–Crippen MR) is 64.7 cm³/mol. The summed E-state index contributed by atoms with van der Waals surface area (Å²) in [5.41, 5.74) is -0.796. The normalized spacial score (nSPS) is 35.3. The molecular formula is C13H25FO3. The Hall–Kier alpha value is -0.190. The molecule has 0 amide bonds. The monoisotopic (exact) mass is 248 g/mol. The number of rotatable bonds is 2. The van der Waals surface area contributed by atoms with Gasteiger partial charge in [0.15, 0.2) is 12.5 Å². The van der Waals surface area contributed by atoms with Crippen molar-refractivity contribution in [1.82, 2.24) is 0 Å². The molecular weight excluding hydrogens is 223 g/mol. The highest BCUT2D eigenvalue weighted by molar-refractivity contribution is 4.88. The van der Waals surface area contributed by atoms with Gasteiger partial charge in [0.05, 0.1) is 17.3 Å². The molecule has 3 nitrogen and oxygen atoms in total. The topological polar surface area (TPSA) is 27.7 Å². The van der Waals surface area contributed by atoms with Gasteiger partial charge in [-0.3, -0.25) is 0 Å². The lowest BCUT2D eigenvalue weighted by Gasteiger charge is -2.32. The lowest BCUT2D eigenvalue weighted by molar-refractivity contribution is -0.233. The van der Waals surface area contributed by atoms with Gasteiger partial charge >= 0.3 is 0 Å². The molecule has 1 saturated heterocycles. The van der Waals surface area contributed by atoms with E-state index in [1.54, 1.807) is 6.92 Å². The molecule has 1 rings (SSSR count). The van der Waals surface area contributed by atoms with Gasteiger partial charge in [-0.2, -0.15) is 0 Å². The van der Waals surface area contributed by atoms with Crippen LogP contribution >= 0.6 is 0 Å². The van der Waals surface area contributed by atoms with E-state index in [2.05, 4.69) is 0 Å². The van der Waals surface area contributed by atoms with Crippen LogP contribution in [0.3, 0.4) is 0 Å². The van der Waals surface area contributed by atoms with Gasteiger partial charge < -0.3 is 14.2 Å². The van der Waals surface area contributed by atoms with Gasteiger partial charge in [0.1, 0.15) is 6.10 Å². The molecule has 1 aliphatic rings. The molecule has 17 heavy (non-hydrogen) atoms. The molecule has 1 fully saturated rings. The van der Waals surface area contributed by atoms with Crippen molar-refractivity contribution in [2.75, 3.05) is 0 Å². The molecule has 0 aromatic heterocycles. The zero-order valence-electron chi connectivity index (χ0n) is 11.9. The largest absolute Gasteiger partial charge is 0.364 e. The van der Waals surface area contributed by atoms with Crippen molar-refractivity contribution in [3.05, 3.63) is 0 Å². The number of halogens is 1. The average Bonchev–Trinajstić information content (AvgIpc) is 2.27. The molecule has 0 bridgehead atoms. The highest BCUT2D eigenvalue weighted by Crippen LogP contribution is 2.32. The highest BCUT2D eigenvalue weighted by Gasteiger charge is 2.47. The Kier molecular flexibility index (Phi) is 4.22. The third-order valence-corrected chi connectivity index (χ3v) is 2.34.